The molecule has 1 atom stereocenters. The van der Waals surface area contributed by atoms with Crippen molar-refractivity contribution in [3.8, 4) is 44.5 Å². The van der Waals surface area contributed by atoms with E-state index in [2.05, 4.69) is 140 Å². The second-order valence-electron chi connectivity index (χ2n) is 15.6. The van der Waals surface area contributed by atoms with Gasteiger partial charge in [0.15, 0.2) is 5.17 Å². The summed E-state index contributed by atoms with van der Waals surface area (Å²) < 4.78 is 0. The van der Waals surface area contributed by atoms with Gasteiger partial charge in [0.2, 0.25) is 0 Å². The number of nitrogens with zero attached hydrogens (tertiary/aromatic N) is 2. The summed E-state index contributed by atoms with van der Waals surface area (Å²) in [6.07, 6.45) is 14.5. The SMILES string of the molecule is CCCCCCCCNC1=Nc2c(-c3ccccc3)c(-c3ccccc3)c3c4c(c(-c5ccccc5)c(-c5ccccc5)c(c24)S1)N=C(C(N)CCCCCCC)S3. The summed E-state index contributed by atoms with van der Waals surface area (Å²) in [4.78, 5) is 13.8. The van der Waals surface area contributed by atoms with Crippen LogP contribution >= 0.6 is 23.5 Å². The van der Waals surface area contributed by atoms with Crippen LogP contribution in [0.1, 0.15) is 90.9 Å². The highest BCUT2D eigenvalue weighted by Gasteiger charge is 2.36. The van der Waals surface area contributed by atoms with Gasteiger partial charge in [-0.3, -0.25) is 0 Å². The van der Waals surface area contributed by atoms with Gasteiger partial charge in [-0.25, -0.2) is 9.98 Å². The van der Waals surface area contributed by atoms with Crippen molar-refractivity contribution in [1.82, 2.24) is 5.32 Å². The summed E-state index contributed by atoms with van der Waals surface area (Å²) >= 11 is 3.58. The smallest absolute Gasteiger partial charge is 0.166 e. The molecule has 2 aliphatic heterocycles. The maximum Gasteiger partial charge on any atom is 0.166 e. The molecule has 0 amide bonds. The van der Waals surface area contributed by atoms with Gasteiger partial charge in [0.25, 0.3) is 0 Å². The molecule has 6 aromatic carbocycles. The molecule has 8 rings (SSSR count). The Morgan fingerprint density at radius 1 is 0.483 bits per heavy atom. The Balaban J connectivity index is 1.43. The van der Waals surface area contributed by atoms with Crippen molar-refractivity contribution in [2.45, 2.75) is 107 Å². The van der Waals surface area contributed by atoms with Crippen LogP contribution in [0.15, 0.2) is 141 Å². The fourth-order valence-electron chi connectivity index (χ4n) is 8.49. The first-order chi connectivity index (χ1) is 28.7. The number of nitrogens with two attached hydrogens (primary N) is 1. The number of benzene rings is 6. The van der Waals surface area contributed by atoms with E-state index in [9.17, 15) is 0 Å². The second kappa shape index (κ2) is 19.4. The lowest BCUT2D eigenvalue weighted by atomic mass is 9.84. The van der Waals surface area contributed by atoms with Crippen molar-refractivity contribution >= 4 is 55.9 Å². The number of hydrogen-bond donors (Lipinski definition) is 2. The van der Waals surface area contributed by atoms with Gasteiger partial charge in [-0.15, -0.1) is 0 Å². The third kappa shape index (κ3) is 8.57. The van der Waals surface area contributed by atoms with E-state index in [0.29, 0.717) is 0 Å². The summed E-state index contributed by atoms with van der Waals surface area (Å²) in [7, 11) is 0. The van der Waals surface area contributed by atoms with Gasteiger partial charge < -0.3 is 11.1 Å². The van der Waals surface area contributed by atoms with Crippen molar-refractivity contribution in [2.75, 3.05) is 6.54 Å². The van der Waals surface area contributed by atoms with Gasteiger partial charge in [0.05, 0.1) is 22.5 Å². The standard InChI is InChI=1S/C52H56N4S2/c1-3-5-7-9-11-25-35-54-52-56-48-42(37-28-18-13-19-29-37)43(38-30-20-14-21-31-38)49-45-46(48)50(58-52)44(39-32-22-15-23-33-39)41(36-26-16-12-17-27-36)47(45)55-51(57-49)40(53)34-24-10-8-6-4-2/h12-23,26-33,40H,3-11,24-25,34-35,53H2,1-2H3,(H,54,56). The lowest BCUT2D eigenvalue weighted by Gasteiger charge is -2.32. The van der Waals surface area contributed by atoms with Gasteiger partial charge in [-0.2, -0.15) is 0 Å². The Kier molecular flexibility index (Phi) is 13.5. The van der Waals surface area contributed by atoms with Crippen LogP contribution in [0.4, 0.5) is 11.4 Å². The highest BCUT2D eigenvalue weighted by Crippen LogP contribution is 2.62. The van der Waals surface area contributed by atoms with E-state index in [1.807, 2.05) is 0 Å². The average Bonchev–Trinajstić information content (AvgIpc) is 3.28. The lowest BCUT2D eigenvalue weighted by molar-refractivity contribution is 0.594. The van der Waals surface area contributed by atoms with E-state index >= 15 is 0 Å². The van der Waals surface area contributed by atoms with E-state index in [0.717, 1.165) is 69.6 Å². The minimum atomic E-state index is -0.167. The Morgan fingerprint density at radius 3 is 1.40 bits per heavy atom. The number of rotatable bonds is 18. The third-order valence-corrected chi connectivity index (χ3v) is 13.7. The zero-order chi connectivity index (χ0) is 39.7. The van der Waals surface area contributed by atoms with Crippen LogP contribution < -0.4 is 11.1 Å². The van der Waals surface area contributed by atoms with Crippen LogP contribution in [0.25, 0.3) is 55.3 Å². The van der Waals surface area contributed by atoms with E-state index in [4.69, 9.17) is 15.7 Å². The number of nitrogens with one attached hydrogen (secondary N) is 1. The van der Waals surface area contributed by atoms with Gasteiger partial charge in [0.1, 0.15) is 0 Å². The molecule has 1 unspecified atom stereocenters. The molecule has 296 valence electrons. The van der Waals surface area contributed by atoms with E-state index in [1.165, 1.54) is 101 Å². The maximum atomic E-state index is 7.25. The van der Waals surface area contributed by atoms with Gasteiger partial charge in [-0.1, -0.05) is 223 Å². The highest BCUT2D eigenvalue weighted by molar-refractivity contribution is 8.14. The van der Waals surface area contributed by atoms with Gasteiger partial charge in [-0.05, 0) is 35.1 Å². The molecule has 58 heavy (non-hydrogen) atoms. The van der Waals surface area contributed by atoms with Crippen molar-refractivity contribution < 1.29 is 0 Å². The second-order valence-corrected chi connectivity index (χ2v) is 17.7. The fourth-order valence-corrected chi connectivity index (χ4v) is 10.9. The van der Waals surface area contributed by atoms with Crippen LogP contribution in [0.5, 0.6) is 0 Å². The summed E-state index contributed by atoms with van der Waals surface area (Å²) in [5.74, 6) is 0. The molecule has 0 saturated heterocycles. The Morgan fingerprint density at radius 2 is 0.897 bits per heavy atom. The number of hydrogen-bond acceptors (Lipinski definition) is 6. The molecule has 0 radical (unpaired) electrons. The van der Waals surface area contributed by atoms with Gasteiger partial charge in [0, 0.05) is 49.4 Å². The molecule has 4 nitrogen and oxygen atoms in total. The van der Waals surface area contributed by atoms with Crippen molar-refractivity contribution in [3.05, 3.63) is 121 Å². The summed E-state index contributed by atoms with van der Waals surface area (Å²) in [6, 6.07) is 43.5. The molecule has 3 N–H and O–H groups in total. The summed E-state index contributed by atoms with van der Waals surface area (Å²) in [5, 5.41) is 8.15. The molecule has 2 aliphatic rings. The largest absolute Gasteiger partial charge is 0.364 e. The molecule has 6 heteroatoms. The summed E-state index contributed by atoms with van der Waals surface area (Å²) in [5.41, 5.74) is 18.7. The Bertz CT molecular complexity index is 2370. The lowest BCUT2D eigenvalue weighted by Crippen LogP contribution is -2.29. The average molecular weight is 801 g/mol. The van der Waals surface area contributed by atoms with Crippen molar-refractivity contribution in [3.63, 3.8) is 0 Å². The van der Waals surface area contributed by atoms with Crippen LogP contribution in [0.2, 0.25) is 0 Å². The zero-order valence-corrected chi connectivity index (χ0v) is 35.7. The normalized spacial score (nSPS) is 13.6. The zero-order valence-electron chi connectivity index (χ0n) is 34.1. The molecule has 0 saturated carbocycles. The fraction of sp³-hybridized carbons (Fsp3) is 0.308. The minimum absolute atomic E-state index is 0.167. The first kappa shape index (κ1) is 40.2. The van der Waals surface area contributed by atoms with Crippen LogP contribution in [0, 0.1) is 0 Å². The molecule has 0 spiro atoms. The van der Waals surface area contributed by atoms with E-state index in [-0.39, 0.29) is 6.04 Å². The minimum Gasteiger partial charge on any atom is -0.364 e. The van der Waals surface area contributed by atoms with Gasteiger partial charge >= 0.3 is 0 Å². The van der Waals surface area contributed by atoms with Crippen LogP contribution in [0.3, 0.4) is 0 Å². The Labute approximate surface area is 354 Å². The van der Waals surface area contributed by atoms with Crippen molar-refractivity contribution in [2.24, 2.45) is 15.7 Å². The molecule has 0 aliphatic carbocycles. The van der Waals surface area contributed by atoms with Crippen LogP contribution in [-0.4, -0.2) is 22.8 Å². The first-order valence-electron chi connectivity index (χ1n) is 21.7. The van der Waals surface area contributed by atoms with E-state index in [1.54, 1.807) is 23.5 Å². The molecule has 6 aromatic rings. The predicted octanol–water partition coefficient (Wildman–Crippen LogP) is 15.4. The molecular weight excluding hydrogens is 745 g/mol. The number of unbranched alkanes of at least 4 members (excludes halogenated alkanes) is 9. The van der Waals surface area contributed by atoms with E-state index < -0.39 is 0 Å². The third-order valence-electron chi connectivity index (χ3n) is 11.4. The highest BCUT2D eigenvalue weighted by atomic mass is 32.2. The quantitative estimate of drug-likeness (QED) is 0.0850. The molecule has 0 fully saturated rings. The number of amidine groups is 1. The number of thioether (sulfide) groups is 2. The topological polar surface area (TPSA) is 62.8 Å². The maximum absolute atomic E-state index is 7.25. The monoisotopic (exact) mass is 800 g/mol. The summed E-state index contributed by atoms with van der Waals surface area (Å²) in [6.45, 7) is 5.44. The predicted molar refractivity (Wildman–Crippen MR) is 254 cm³/mol. The van der Waals surface area contributed by atoms with Crippen molar-refractivity contribution in [1.29, 1.82) is 0 Å². The Hall–Kier alpha value is -4.62. The first-order valence-corrected chi connectivity index (χ1v) is 23.3. The molecule has 2 heterocycles. The molecular formula is C52H56N4S2. The molecule has 0 aromatic heterocycles. The number of aliphatic imine (C=N–C) groups is 2. The van der Waals surface area contributed by atoms with Crippen LogP contribution in [-0.2, 0) is 0 Å². The molecule has 0 bridgehead atoms.